The van der Waals surface area contributed by atoms with Gasteiger partial charge in [-0.1, -0.05) is 43.1 Å². The van der Waals surface area contributed by atoms with Gasteiger partial charge >= 0.3 is 0 Å². The molecule has 0 heterocycles. The summed E-state index contributed by atoms with van der Waals surface area (Å²) >= 11 is 3.08. The van der Waals surface area contributed by atoms with Gasteiger partial charge in [-0.3, -0.25) is 4.18 Å². The zero-order valence-corrected chi connectivity index (χ0v) is 16.0. The molecule has 0 saturated heterocycles. The molecular formula is C15H22B2O2S3. The van der Waals surface area contributed by atoms with Gasteiger partial charge in [-0.15, -0.1) is 0 Å². The van der Waals surface area contributed by atoms with Gasteiger partial charge in [-0.05, 0) is 51.5 Å². The molecule has 0 aromatic heterocycles. The van der Waals surface area contributed by atoms with Crippen LogP contribution >= 0.6 is 35.5 Å². The summed E-state index contributed by atoms with van der Waals surface area (Å²) in [7, 11) is 11.3. The van der Waals surface area contributed by atoms with Gasteiger partial charge in [0.05, 0.1) is 0 Å². The van der Waals surface area contributed by atoms with Gasteiger partial charge < -0.3 is 4.18 Å². The number of hydrogen-bond acceptors (Lipinski definition) is 5. The molecule has 118 valence electrons. The van der Waals surface area contributed by atoms with Crippen molar-refractivity contribution in [3.05, 3.63) is 48.6 Å². The third kappa shape index (κ3) is 7.55. The second-order valence-electron chi connectivity index (χ2n) is 4.22. The van der Waals surface area contributed by atoms with E-state index in [-0.39, 0.29) is 0 Å². The average molecular weight is 352 g/mol. The van der Waals surface area contributed by atoms with Crippen molar-refractivity contribution < 1.29 is 8.37 Å². The molecule has 1 unspecified atom stereocenters. The van der Waals surface area contributed by atoms with E-state index >= 15 is 0 Å². The van der Waals surface area contributed by atoms with Crippen LogP contribution in [0.4, 0.5) is 0 Å². The largest absolute Gasteiger partial charge is 0.300 e. The lowest BCUT2D eigenvalue weighted by Gasteiger charge is -2.31. The quantitative estimate of drug-likeness (QED) is 0.217. The Kier molecular flexibility index (Phi) is 12.5. The van der Waals surface area contributed by atoms with Crippen LogP contribution in [0.25, 0.3) is 0 Å². The summed E-state index contributed by atoms with van der Waals surface area (Å²) < 4.78 is 11.6. The van der Waals surface area contributed by atoms with E-state index in [4.69, 9.17) is 22.6 Å². The molecule has 0 aliphatic rings. The molecule has 0 bridgehead atoms. The van der Waals surface area contributed by atoms with Crippen LogP contribution in [0.5, 0.6) is 0 Å². The molecule has 1 atom stereocenters. The van der Waals surface area contributed by atoms with Gasteiger partial charge in [0, 0.05) is 12.0 Å². The van der Waals surface area contributed by atoms with Crippen molar-refractivity contribution in [2.45, 2.75) is 44.0 Å². The SMILES string of the molecule is [B]SOC(C=CC)(C=CC)SOC(C=CC)(C=CCC)S[B]. The number of allylic oxidation sites excluding steroid dienone is 4. The first-order chi connectivity index (χ1) is 10.6. The van der Waals surface area contributed by atoms with E-state index < -0.39 is 9.87 Å². The highest BCUT2D eigenvalue weighted by Gasteiger charge is 2.32. The fraction of sp³-hybridized carbons (Fsp3) is 0.467. The topological polar surface area (TPSA) is 18.5 Å². The molecule has 0 saturated carbocycles. The van der Waals surface area contributed by atoms with Crippen molar-refractivity contribution in [1.82, 2.24) is 0 Å². The van der Waals surface area contributed by atoms with Crippen LogP contribution in [-0.4, -0.2) is 24.1 Å². The summed E-state index contributed by atoms with van der Waals surface area (Å²) in [5.41, 5.74) is 0. The molecule has 0 spiro atoms. The maximum Gasteiger partial charge on any atom is 0.203 e. The monoisotopic (exact) mass is 352 g/mol. The Morgan fingerprint density at radius 2 is 1.41 bits per heavy atom. The van der Waals surface area contributed by atoms with E-state index in [9.17, 15) is 0 Å². The normalized spacial score (nSPS) is 18.5. The summed E-state index contributed by atoms with van der Waals surface area (Å²) in [5.74, 6) is 0. The smallest absolute Gasteiger partial charge is 0.203 e. The zero-order chi connectivity index (χ0) is 16.9. The summed E-state index contributed by atoms with van der Waals surface area (Å²) in [6, 6.07) is 0. The molecule has 0 aliphatic carbocycles. The Morgan fingerprint density at radius 1 is 0.864 bits per heavy atom. The molecule has 0 amide bonds. The summed E-state index contributed by atoms with van der Waals surface area (Å²) in [6.45, 7) is 7.81. The van der Waals surface area contributed by atoms with Crippen LogP contribution in [0.15, 0.2) is 48.6 Å². The second kappa shape index (κ2) is 12.5. The molecule has 0 aromatic rings. The standard InChI is InChI=1S/C15H22B2O2S3/c1-5-9-13-14(20-16,10-6-2)18-21-15(11-7-3,12-8-4)19-22-17/h6-13H,5H2,1-4H3. The summed E-state index contributed by atoms with van der Waals surface area (Å²) in [5, 5.41) is 0. The molecule has 0 aliphatic heterocycles. The maximum atomic E-state index is 6.03. The van der Waals surface area contributed by atoms with Crippen LogP contribution in [0.3, 0.4) is 0 Å². The lowest BCUT2D eigenvalue weighted by molar-refractivity contribution is 0.264. The predicted octanol–water partition coefficient (Wildman–Crippen LogP) is 5.30. The molecule has 7 heteroatoms. The highest BCUT2D eigenvalue weighted by atomic mass is 32.2. The highest BCUT2D eigenvalue weighted by molar-refractivity contribution is 8.21. The van der Waals surface area contributed by atoms with Gasteiger partial charge in [0.2, 0.25) is 7.12 Å². The van der Waals surface area contributed by atoms with Crippen molar-refractivity contribution in [3.63, 3.8) is 0 Å². The Hall–Kier alpha value is 0.0599. The molecular weight excluding hydrogens is 330 g/mol. The van der Waals surface area contributed by atoms with Gasteiger partial charge in [0.25, 0.3) is 0 Å². The van der Waals surface area contributed by atoms with Crippen LogP contribution in [0.1, 0.15) is 34.1 Å². The number of hydrogen-bond donors (Lipinski definition) is 0. The van der Waals surface area contributed by atoms with E-state index in [1.807, 2.05) is 69.4 Å². The Bertz CT molecular complexity index is 400. The van der Waals surface area contributed by atoms with Crippen molar-refractivity contribution >= 4 is 49.8 Å². The lowest BCUT2D eigenvalue weighted by Crippen LogP contribution is -2.27. The Labute approximate surface area is 150 Å². The maximum absolute atomic E-state index is 6.03. The molecule has 2 nitrogen and oxygen atoms in total. The fourth-order valence-corrected chi connectivity index (χ4v) is 3.47. The minimum absolute atomic E-state index is 0.757. The van der Waals surface area contributed by atoms with E-state index in [0.717, 1.165) is 42.0 Å². The van der Waals surface area contributed by atoms with Gasteiger partial charge in [-0.25, -0.2) is 0 Å². The average Bonchev–Trinajstić information content (AvgIpc) is 2.51. The molecule has 0 rings (SSSR count). The summed E-state index contributed by atoms with van der Waals surface area (Å²) in [4.78, 5) is -1.57. The van der Waals surface area contributed by atoms with E-state index in [2.05, 4.69) is 6.92 Å². The van der Waals surface area contributed by atoms with Crippen LogP contribution in [-0.2, 0) is 8.37 Å². The molecule has 0 N–H and O–H groups in total. The van der Waals surface area contributed by atoms with E-state index in [1.54, 1.807) is 0 Å². The highest BCUT2D eigenvalue weighted by Crippen LogP contribution is 2.41. The van der Waals surface area contributed by atoms with Gasteiger partial charge in [0.15, 0.2) is 17.0 Å². The van der Waals surface area contributed by atoms with Crippen molar-refractivity contribution in [1.29, 1.82) is 0 Å². The third-order valence-electron chi connectivity index (χ3n) is 2.45. The van der Waals surface area contributed by atoms with Crippen molar-refractivity contribution in [2.75, 3.05) is 0 Å². The zero-order valence-electron chi connectivity index (χ0n) is 13.5. The molecule has 22 heavy (non-hydrogen) atoms. The van der Waals surface area contributed by atoms with Crippen LogP contribution in [0, 0.1) is 0 Å². The second-order valence-corrected chi connectivity index (χ2v) is 6.42. The third-order valence-corrected chi connectivity index (χ3v) is 4.73. The molecule has 4 radical (unpaired) electrons. The van der Waals surface area contributed by atoms with Crippen molar-refractivity contribution in [3.8, 4) is 0 Å². The first-order valence-corrected chi connectivity index (χ1v) is 9.38. The van der Waals surface area contributed by atoms with E-state index in [0.29, 0.717) is 0 Å². The Morgan fingerprint density at radius 3 is 1.82 bits per heavy atom. The Balaban J connectivity index is 5.37. The van der Waals surface area contributed by atoms with E-state index in [1.165, 1.54) is 0 Å². The lowest BCUT2D eigenvalue weighted by atomic mass is 10.2. The summed E-state index contributed by atoms with van der Waals surface area (Å²) in [6.07, 6.45) is 16.2. The minimum Gasteiger partial charge on any atom is -0.300 e. The van der Waals surface area contributed by atoms with Gasteiger partial charge in [-0.2, -0.15) is 11.6 Å². The molecule has 0 aromatic carbocycles. The first kappa shape index (κ1) is 22.1. The predicted molar refractivity (Wildman–Crippen MR) is 106 cm³/mol. The first-order valence-electron chi connectivity index (χ1n) is 6.96. The van der Waals surface area contributed by atoms with Crippen LogP contribution in [0.2, 0.25) is 0 Å². The fourth-order valence-electron chi connectivity index (χ4n) is 1.57. The van der Waals surface area contributed by atoms with Crippen LogP contribution < -0.4 is 0 Å². The van der Waals surface area contributed by atoms with Crippen molar-refractivity contribution in [2.24, 2.45) is 0 Å². The minimum atomic E-state index is -0.814. The van der Waals surface area contributed by atoms with Gasteiger partial charge in [0.1, 0.15) is 0 Å². The number of rotatable bonds is 11. The molecule has 0 fully saturated rings.